The number of benzene rings is 4. The summed E-state index contributed by atoms with van der Waals surface area (Å²) in [5, 5.41) is 62.1. The van der Waals surface area contributed by atoms with Crippen LogP contribution in [0.2, 0.25) is 0 Å². The Morgan fingerprint density at radius 3 is 2.00 bits per heavy atom. The van der Waals surface area contributed by atoms with Crippen molar-refractivity contribution in [3.63, 3.8) is 0 Å². The fourth-order valence-electron chi connectivity index (χ4n) is 14.6. The number of hydrogen-bond donors (Lipinski definition) is 10. The Morgan fingerprint density at radius 2 is 1.36 bits per heavy atom. The van der Waals surface area contributed by atoms with Crippen LogP contribution in [0, 0.1) is 36.5 Å². The number of nitrogens with one attached hydrogen (secondary N) is 6. The number of phenols is 2. The molecule has 3 aromatic carbocycles. The van der Waals surface area contributed by atoms with Crippen molar-refractivity contribution in [2.24, 2.45) is 29.6 Å². The molecular weight excluding hydrogens is 1520 g/mol. The molecule has 12 atom stereocenters. The number of piperidine rings is 1. The number of anilines is 2. The predicted octanol–water partition coefficient (Wildman–Crippen LogP) is 5.16. The Bertz CT molecular complexity index is 4850. The van der Waals surface area contributed by atoms with Crippen LogP contribution in [-0.4, -0.2) is 201 Å². The third-order valence-electron chi connectivity index (χ3n) is 21.8. The second-order valence-corrected chi connectivity index (χ2v) is 30.5. The van der Waals surface area contributed by atoms with Crippen LogP contribution in [0.4, 0.5) is 11.4 Å². The number of imide groups is 1. The summed E-state index contributed by atoms with van der Waals surface area (Å²) in [4.78, 5) is 205. The van der Waals surface area contributed by atoms with Crippen molar-refractivity contribution < 1.29 is 111 Å². The average molecular weight is 1620 g/mol. The molecule has 9 rings (SSSR count). The summed E-state index contributed by atoms with van der Waals surface area (Å²) in [5.41, 5.74) is -1.09. The van der Waals surface area contributed by atoms with Gasteiger partial charge >= 0.3 is 11.8 Å². The zero-order valence-electron chi connectivity index (χ0n) is 67.1. The molecule has 5 heterocycles. The van der Waals surface area contributed by atoms with Gasteiger partial charge in [0.15, 0.2) is 34.5 Å². The highest BCUT2D eigenvalue weighted by molar-refractivity contribution is 6.22. The van der Waals surface area contributed by atoms with Gasteiger partial charge in [-0.2, -0.15) is 0 Å². The summed E-state index contributed by atoms with van der Waals surface area (Å²) in [6.45, 7) is 14.6. The van der Waals surface area contributed by atoms with Crippen LogP contribution in [0.15, 0.2) is 100.0 Å². The number of fused-ring (bicyclic) bond motifs is 2. The molecular formula is C84H101N9O24. The van der Waals surface area contributed by atoms with Crippen molar-refractivity contribution in [1.82, 2.24) is 36.5 Å². The number of aromatic nitrogens is 1. The SMILES string of the molecule is CO[C@H]1/C=C/O[C@@]2(C)Oc3c(C)c(O)c4c(=O)c(c5oc6cc(N7CCC(NC(=O)CCC(=O)CNC(=O)CCC(=O)[C@H](C)NC(=O)[C@@H](CC(=O)[C@H](C)NC(=O)CCC(=O)CNC(=O)CCN8C(=O)C=CC8=O)Cc8ccccc8)CC7)cc(O)c6nc-5c4c3C2=O)NC(=O)/C(C)=C\C=C\[C@H](C)[C@H](O)[C@@H](C)[C@@H](O)[C@@H](C)[C@H](OC(C)=O)[C@@H]1C. The second kappa shape index (κ2) is 39.2. The Kier molecular flexibility index (Phi) is 29.9. The van der Waals surface area contributed by atoms with E-state index in [1.165, 1.54) is 72.9 Å². The van der Waals surface area contributed by atoms with Gasteiger partial charge in [0.05, 0.1) is 60.7 Å². The molecule has 8 amide bonds. The molecule has 5 aliphatic heterocycles. The maximum absolute atomic E-state index is 15.1. The molecule has 0 spiro atoms. The number of hydrogen-bond acceptors (Lipinski definition) is 26. The molecule has 0 aromatic heterocycles. The monoisotopic (exact) mass is 1620 g/mol. The molecule has 0 radical (unpaired) electrons. The lowest BCUT2D eigenvalue weighted by molar-refractivity contribution is -0.160. The molecule has 0 saturated carbocycles. The third-order valence-corrected chi connectivity index (χ3v) is 21.8. The fourth-order valence-corrected chi connectivity index (χ4v) is 14.6. The highest BCUT2D eigenvalue weighted by Crippen LogP contribution is 2.51. The number of amides is 8. The van der Waals surface area contributed by atoms with E-state index < -0.39 is 195 Å². The number of aliphatic hydroxyl groups is 2. The van der Waals surface area contributed by atoms with E-state index in [0.29, 0.717) is 37.2 Å². The van der Waals surface area contributed by atoms with Gasteiger partial charge in [0, 0.05) is 174 Å². The Labute approximate surface area is 674 Å². The number of ketones is 5. The molecule has 1 fully saturated rings. The van der Waals surface area contributed by atoms with Gasteiger partial charge in [-0.25, -0.2) is 4.98 Å². The Hall–Kier alpha value is -11.8. The van der Waals surface area contributed by atoms with Gasteiger partial charge in [-0.1, -0.05) is 76.3 Å². The van der Waals surface area contributed by atoms with Crippen molar-refractivity contribution in [2.75, 3.05) is 50.1 Å². The lowest BCUT2D eigenvalue weighted by atomic mass is 9.78. The molecule has 10 N–H and O–H groups in total. The maximum atomic E-state index is 15.1. The largest absolute Gasteiger partial charge is 0.507 e. The van der Waals surface area contributed by atoms with Crippen molar-refractivity contribution in [1.29, 1.82) is 0 Å². The topological polar surface area (TPSA) is 479 Å². The number of carbonyl (C=O) groups excluding carboxylic acids is 14. The minimum Gasteiger partial charge on any atom is -0.507 e. The summed E-state index contributed by atoms with van der Waals surface area (Å²) < 4.78 is 30.6. The van der Waals surface area contributed by atoms with Crippen LogP contribution in [0.3, 0.4) is 0 Å². The molecule has 6 aliphatic rings. The first-order chi connectivity index (χ1) is 55.4. The minimum absolute atomic E-state index is 0.0511. The van der Waals surface area contributed by atoms with Gasteiger partial charge in [0.2, 0.25) is 35.0 Å². The molecule has 117 heavy (non-hydrogen) atoms. The van der Waals surface area contributed by atoms with E-state index >= 15 is 9.59 Å². The minimum atomic E-state index is -2.19. The first kappa shape index (κ1) is 89.1. The maximum Gasteiger partial charge on any atom is 0.312 e. The van der Waals surface area contributed by atoms with E-state index in [0.717, 1.165) is 23.3 Å². The number of allylic oxidation sites excluding steroid dienone is 2. The van der Waals surface area contributed by atoms with Gasteiger partial charge in [-0.15, -0.1) is 0 Å². The molecule has 3 aromatic rings. The van der Waals surface area contributed by atoms with E-state index in [-0.39, 0.29) is 121 Å². The highest BCUT2D eigenvalue weighted by Gasteiger charge is 2.51. The van der Waals surface area contributed by atoms with E-state index in [9.17, 15) is 82.8 Å². The van der Waals surface area contributed by atoms with Gasteiger partial charge in [0.25, 0.3) is 23.5 Å². The van der Waals surface area contributed by atoms with Crippen LogP contribution in [0.1, 0.15) is 148 Å². The predicted molar refractivity (Wildman–Crippen MR) is 424 cm³/mol. The van der Waals surface area contributed by atoms with Crippen molar-refractivity contribution >= 4 is 115 Å². The lowest BCUT2D eigenvalue weighted by Crippen LogP contribution is -2.46. The molecule has 626 valence electrons. The number of carbonyl (C=O) groups is 14. The number of phenolic OH excluding ortho intramolecular Hbond substituents is 2. The molecule has 0 unspecified atom stereocenters. The van der Waals surface area contributed by atoms with E-state index in [2.05, 4.69) is 31.9 Å². The second-order valence-electron chi connectivity index (χ2n) is 30.5. The van der Waals surface area contributed by atoms with E-state index in [1.54, 1.807) is 70.2 Å². The van der Waals surface area contributed by atoms with Crippen LogP contribution in [-0.2, 0) is 83.0 Å². The van der Waals surface area contributed by atoms with Crippen molar-refractivity contribution in [3.8, 4) is 28.7 Å². The molecule has 33 nitrogen and oxygen atoms in total. The number of esters is 1. The van der Waals surface area contributed by atoms with Crippen LogP contribution in [0.25, 0.3) is 33.3 Å². The number of Topliss-reactive ketones (excluding diaryl/α,β-unsaturated/α-hetero) is 5. The molecule has 33 heteroatoms. The third kappa shape index (κ3) is 21.8. The van der Waals surface area contributed by atoms with Crippen LogP contribution < -0.4 is 47.0 Å². The van der Waals surface area contributed by atoms with E-state index in [4.69, 9.17) is 28.3 Å². The summed E-state index contributed by atoms with van der Waals surface area (Å²) in [6, 6.07) is 9.19. The normalized spacial score (nSPS) is 23.0. The number of ether oxygens (including phenoxy) is 4. The Morgan fingerprint density at radius 1 is 0.735 bits per heavy atom. The molecule has 1 saturated heterocycles. The summed E-state index contributed by atoms with van der Waals surface area (Å²) >= 11 is 0. The summed E-state index contributed by atoms with van der Waals surface area (Å²) in [7, 11) is 1.40. The van der Waals surface area contributed by atoms with E-state index in [1.807, 2.05) is 4.90 Å². The Balaban J connectivity index is 0.791. The van der Waals surface area contributed by atoms with Crippen molar-refractivity contribution in [2.45, 2.75) is 188 Å². The first-order valence-electron chi connectivity index (χ1n) is 38.9. The van der Waals surface area contributed by atoms with Gasteiger partial charge < -0.3 is 80.6 Å². The van der Waals surface area contributed by atoms with Crippen LogP contribution in [0.5, 0.6) is 17.2 Å². The fraction of sp³-hybridized carbons (Fsp3) is 0.476. The van der Waals surface area contributed by atoms with Gasteiger partial charge in [-0.05, 0) is 58.6 Å². The lowest BCUT2D eigenvalue weighted by Gasteiger charge is -2.38. The number of aromatic hydroxyl groups is 2. The standard InChI is InChI=1S/C84H101N9O24/c1-42-16-15-17-43(2)82(111)91-73-77(109)69-68(70-79(47(6)76(69)108)117-84(10,81(70)110)114-35-31-60(113-11)44(3)78(115-50(9)94)46(5)75(107)45(4)74(42)106)72-80(73)116-61-39-54(38-59(99)71(61)90-72)92-32-28-53(29-33-92)89-65(103)24-21-56(96)40-85-62(100)25-22-57(97)48(7)88-83(112)52(36-51-18-13-12-14-19-51)37-58(98)49(8)87-64(102)23-20-55(95)41-86-63(101)30-34-93-66(104)26-27-67(93)105/h12-19,26-27,31,35,38-39,42,44-46,48-49,52-53,60,74-75,78,99,106-108H,20-25,28-30,32-34,36-37,40-41H2,1-11H3,(H,85,100)(H,86,101)(H,87,102)(H,88,112)(H,89,103)(H,91,111)/b16-15+,35-31+,43-17-/t42-,44+,45+,46+,48-,49-,52+,60-,74-,75+,78+,84-/m0/s1. The number of aliphatic hydroxyl groups excluding tert-OH is 2. The molecule has 4 bridgehead atoms. The zero-order valence-corrected chi connectivity index (χ0v) is 67.1. The van der Waals surface area contributed by atoms with Crippen LogP contribution >= 0.6 is 0 Å². The van der Waals surface area contributed by atoms with Gasteiger partial charge in [-0.3, -0.25) is 76.8 Å². The smallest absolute Gasteiger partial charge is 0.312 e. The zero-order chi connectivity index (χ0) is 85.6. The molecule has 1 aliphatic carbocycles. The first-order valence-corrected chi connectivity index (χ1v) is 38.9. The average Bonchev–Trinajstić information content (AvgIpc) is 1.64. The van der Waals surface area contributed by atoms with Crippen molar-refractivity contribution in [3.05, 3.63) is 118 Å². The number of methoxy groups -OCH3 is 1. The quantitative estimate of drug-likeness (QED) is 0.0128. The van der Waals surface area contributed by atoms with Gasteiger partial charge in [0.1, 0.15) is 40.3 Å². The summed E-state index contributed by atoms with van der Waals surface area (Å²) in [6.07, 6.45) is 3.68. The summed E-state index contributed by atoms with van der Waals surface area (Å²) in [5.74, 6) is -16.0. The highest BCUT2D eigenvalue weighted by atomic mass is 16.7. The number of rotatable bonds is 29. The number of nitrogens with zero attached hydrogens (tertiary/aromatic N) is 3.